The lowest BCUT2D eigenvalue weighted by Gasteiger charge is -2.18. The Morgan fingerprint density at radius 3 is 2.54 bits per heavy atom. The summed E-state index contributed by atoms with van der Waals surface area (Å²) in [5, 5.41) is 6.29. The Balaban J connectivity index is 0.00000338. The molecule has 1 aromatic rings. The molecule has 2 N–H and O–H groups in total. The lowest BCUT2D eigenvalue weighted by atomic mass is 10.3. The third-order valence-electron chi connectivity index (χ3n) is 3.88. The third kappa shape index (κ3) is 7.76. The summed E-state index contributed by atoms with van der Waals surface area (Å²) < 4.78 is 18.6. The molecule has 6 nitrogen and oxygen atoms in total. The first-order valence-electron chi connectivity index (χ1n) is 8.80. The first-order chi connectivity index (χ1) is 12.1. The number of carbonyl (C=O) groups is 1. The second-order valence-corrected chi connectivity index (χ2v) is 6.05. The molecule has 0 spiro atoms. The number of hydrogen-bond acceptors (Lipinski definition) is 3. The molecule has 1 aliphatic heterocycles. The highest BCUT2D eigenvalue weighted by Gasteiger charge is 2.17. The van der Waals surface area contributed by atoms with Crippen LogP contribution in [0.3, 0.4) is 0 Å². The Morgan fingerprint density at radius 1 is 1.27 bits per heavy atom. The van der Waals surface area contributed by atoms with Gasteiger partial charge in [-0.3, -0.25) is 4.79 Å². The number of guanidine groups is 1. The molecule has 0 saturated carbocycles. The van der Waals surface area contributed by atoms with Gasteiger partial charge in [-0.05, 0) is 51.0 Å². The molecule has 26 heavy (non-hydrogen) atoms. The van der Waals surface area contributed by atoms with E-state index in [0.717, 1.165) is 25.9 Å². The van der Waals surface area contributed by atoms with Crippen molar-refractivity contribution in [3.8, 4) is 5.75 Å². The second-order valence-electron chi connectivity index (χ2n) is 6.05. The highest BCUT2D eigenvalue weighted by atomic mass is 127. The van der Waals surface area contributed by atoms with E-state index < -0.39 is 0 Å². The summed E-state index contributed by atoms with van der Waals surface area (Å²) >= 11 is 0. The zero-order valence-electron chi connectivity index (χ0n) is 15.3. The van der Waals surface area contributed by atoms with Crippen LogP contribution in [0.2, 0.25) is 0 Å². The van der Waals surface area contributed by atoms with E-state index in [2.05, 4.69) is 15.6 Å². The van der Waals surface area contributed by atoms with E-state index in [1.165, 1.54) is 12.1 Å². The Hall–Kier alpha value is -1.58. The SMILES string of the molecule is CCNC(=NCC(=O)N1CCCC1)NCC(C)Oc1ccc(F)cc1.I. The number of ether oxygens (including phenoxy) is 1. The number of likely N-dealkylation sites (tertiary alicyclic amines) is 1. The number of halogens is 2. The Morgan fingerprint density at radius 2 is 1.92 bits per heavy atom. The van der Waals surface area contributed by atoms with E-state index in [1.807, 2.05) is 18.7 Å². The third-order valence-corrected chi connectivity index (χ3v) is 3.88. The molecule has 0 bridgehead atoms. The van der Waals surface area contributed by atoms with Crippen LogP contribution < -0.4 is 15.4 Å². The van der Waals surface area contributed by atoms with Crippen LogP contribution in [0.5, 0.6) is 5.75 Å². The highest BCUT2D eigenvalue weighted by Crippen LogP contribution is 2.12. The van der Waals surface area contributed by atoms with Crippen molar-refractivity contribution in [3.05, 3.63) is 30.1 Å². The van der Waals surface area contributed by atoms with Gasteiger partial charge in [0.1, 0.15) is 24.2 Å². The van der Waals surface area contributed by atoms with Crippen LogP contribution in [0.15, 0.2) is 29.3 Å². The summed E-state index contributed by atoms with van der Waals surface area (Å²) in [4.78, 5) is 18.3. The average molecular weight is 478 g/mol. The number of amides is 1. The van der Waals surface area contributed by atoms with Crippen molar-refractivity contribution in [2.45, 2.75) is 32.8 Å². The molecule has 1 unspecified atom stereocenters. The average Bonchev–Trinajstić information content (AvgIpc) is 3.14. The standard InChI is InChI=1S/C18H27FN4O2.HI/c1-3-20-18(22-13-17(24)23-10-4-5-11-23)21-12-14(2)25-16-8-6-15(19)7-9-16;/h6-9,14H,3-5,10-13H2,1-2H3,(H2,20,21,22);1H. The van der Waals surface area contributed by atoms with E-state index in [0.29, 0.717) is 24.8 Å². The number of nitrogens with one attached hydrogen (secondary N) is 2. The quantitative estimate of drug-likeness (QED) is 0.359. The largest absolute Gasteiger partial charge is 0.489 e. The van der Waals surface area contributed by atoms with Crippen LogP contribution >= 0.6 is 24.0 Å². The summed E-state index contributed by atoms with van der Waals surface area (Å²) in [5.41, 5.74) is 0. The minimum atomic E-state index is -0.289. The predicted octanol–water partition coefficient (Wildman–Crippen LogP) is 2.39. The van der Waals surface area contributed by atoms with Crippen LogP contribution in [0.25, 0.3) is 0 Å². The van der Waals surface area contributed by atoms with Gasteiger partial charge >= 0.3 is 0 Å². The number of aliphatic imine (C=N–C) groups is 1. The Labute approximate surface area is 171 Å². The molecule has 1 amide bonds. The van der Waals surface area contributed by atoms with E-state index in [4.69, 9.17) is 4.74 Å². The number of rotatable bonds is 7. The van der Waals surface area contributed by atoms with Gasteiger partial charge in [-0.25, -0.2) is 9.38 Å². The summed E-state index contributed by atoms with van der Waals surface area (Å²) in [6, 6.07) is 5.93. The smallest absolute Gasteiger partial charge is 0.244 e. The molecule has 1 heterocycles. The van der Waals surface area contributed by atoms with Crippen molar-refractivity contribution < 1.29 is 13.9 Å². The van der Waals surface area contributed by atoms with Gasteiger partial charge in [-0.2, -0.15) is 0 Å². The molecule has 0 aliphatic carbocycles. The summed E-state index contributed by atoms with van der Waals surface area (Å²) in [6.45, 7) is 6.91. The maximum Gasteiger partial charge on any atom is 0.244 e. The van der Waals surface area contributed by atoms with Crippen LogP contribution in [-0.4, -0.2) is 55.6 Å². The van der Waals surface area contributed by atoms with Crippen molar-refractivity contribution in [3.63, 3.8) is 0 Å². The van der Waals surface area contributed by atoms with Crippen LogP contribution in [0, 0.1) is 5.82 Å². The molecule has 1 atom stereocenters. The van der Waals surface area contributed by atoms with Crippen molar-refractivity contribution in [1.82, 2.24) is 15.5 Å². The molecule has 1 fully saturated rings. The van der Waals surface area contributed by atoms with Gasteiger partial charge in [0.2, 0.25) is 5.91 Å². The number of hydrogen-bond donors (Lipinski definition) is 2. The molecular weight excluding hydrogens is 450 g/mol. The summed E-state index contributed by atoms with van der Waals surface area (Å²) in [7, 11) is 0. The van der Waals surface area contributed by atoms with E-state index in [9.17, 15) is 9.18 Å². The van der Waals surface area contributed by atoms with E-state index >= 15 is 0 Å². The first kappa shape index (κ1) is 22.5. The van der Waals surface area contributed by atoms with Crippen LogP contribution in [0.1, 0.15) is 26.7 Å². The van der Waals surface area contributed by atoms with Crippen molar-refractivity contribution in [1.29, 1.82) is 0 Å². The van der Waals surface area contributed by atoms with Gasteiger partial charge < -0.3 is 20.3 Å². The summed E-state index contributed by atoms with van der Waals surface area (Å²) in [5.74, 6) is 0.971. The van der Waals surface area contributed by atoms with Gasteiger partial charge in [0, 0.05) is 19.6 Å². The molecule has 0 aromatic heterocycles. The fraction of sp³-hybridized carbons (Fsp3) is 0.556. The maximum absolute atomic E-state index is 12.9. The number of nitrogens with zero attached hydrogens (tertiary/aromatic N) is 2. The zero-order chi connectivity index (χ0) is 18.1. The molecule has 1 saturated heterocycles. The fourth-order valence-electron chi connectivity index (χ4n) is 2.58. The molecule has 0 radical (unpaired) electrons. The molecule has 8 heteroatoms. The fourth-order valence-corrected chi connectivity index (χ4v) is 2.58. The monoisotopic (exact) mass is 478 g/mol. The van der Waals surface area contributed by atoms with Crippen LogP contribution in [0.4, 0.5) is 4.39 Å². The minimum Gasteiger partial charge on any atom is -0.489 e. The van der Waals surface area contributed by atoms with Gasteiger partial charge in [0.25, 0.3) is 0 Å². The van der Waals surface area contributed by atoms with E-state index in [1.54, 1.807) is 12.1 Å². The molecule has 1 aliphatic rings. The maximum atomic E-state index is 12.9. The van der Waals surface area contributed by atoms with Gasteiger partial charge in [0.05, 0.1) is 6.54 Å². The van der Waals surface area contributed by atoms with Gasteiger partial charge in [-0.15, -0.1) is 24.0 Å². The second kappa shape index (κ2) is 11.9. The first-order valence-corrected chi connectivity index (χ1v) is 8.80. The number of carbonyl (C=O) groups excluding carboxylic acids is 1. The van der Waals surface area contributed by atoms with Crippen molar-refractivity contribution in [2.24, 2.45) is 4.99 Å². The van der Waals surface area contributed by atoms with Gasteiger partial charge in [-0.1, -0.05) is 0 Å². The zero-order valence-corrected chi connectivity index (χ0v) is 17.7. The molecule has 2 rings (SSSR count). The normalized spacial score (nSPS) is 15.2. The topological polar surface area (TPSA) is 66.0 Å². The Bertz CT molecular complexity index is 577. The van der Waals surface area contributed by atoms with Crippen LogP contribution in [-0.2, 0) is 4.79 Å². The predicted molar refractivity (Wildman–Crippen MR) is 112 cm³/mol. The van der Waals surface area contributed by atoms with Gasteiger partial charge in [0.15, 0.2) is 5.96 Å². The molecule has 1 aromatic carbocycles. The highest BCUT2D eigenvalue weighted by molar-refractivity contribution is 14.0. The molecule has 146 valence electrons. The van der Waals surface area contributed by atoms with Crippen molar-refractivity contribution >= 4 is 35.8 Å². The molecular formula is C18H28FIN4O2. The lowest BCUT2D eigenvalue weighted by molar-refractivity contribution is -0.128. The lowest BCUT2D eigenvalue weighted by Crippen LogP contribution is -2.42. The van der Waals surface area contributed by atoms with Crippen molar-refractivity contribution in [2.75, 3.05) is 32.7 Å². The Kier molecular flexibility index (Phi) is 10.3. The van der Waals surface area contributed by atoms with E-state index in [-0.39, 0.29) is 48.3 Å². The number of benzene rings is 1. The minimum absolute atomic E-state index is 0. The summed E-state index contributed by atoms with van der Waals surface area (Å²) in [6.07, 6.45) is 2.02.